The molecule has 1 N–H and O–H groups in total. The third-order valence-electron chi connectivity index (χ3n) is 2.33. The minimum absolute atomic E-state index is 0.0583. The number of anilines is 1. The lowest BCUT2D eigenvalue weighted by molar-refractivity contribution is -0.128. The van der Waals surface area contributed by atoms with E-state index in [1.54, 1.807) is 4.90 Å². The Labute approximate surface area is 98.6 Å². The van der Waals surface area contributed by atoms with Crippen LogP contribution in [0.25, 0.3) is 0 Å². The number of pyridine rings is 1. The summed E-state index contributed by atoms with van der Waals surface area (Å²) >= 11 is 0. The molecule has 0 radical (unpaired) electrons. The predicted molar refractivity (Wildman–Crippen MR) is 60.6 cm³/mol. The lowest BCUT2D eigenvalue weighted by Crippen LogP contribution is -2.35. The van der Waals surface area contributed by atoms with Crippen molar-refractivity contribution in [2.45, 2.75) is 13.8 Å². The zero-order valence-electron chi connectivity index (χ0n) is 9.83. The monoisotopic (exact) mass is 243 g/mol. The molecule has 0 aromatic carbocycles. The molecule has 17 heavy (non-hydrogen) atoms. The van der Waals surface area contributed by atoms with Crippen molar-refractivity contribution in [3.05, 3.63) is 23.9 Å². The van der Waals surface area contributed by atoms with E-state index in [0.717, 1.165) is 12.3 Å². The Morgan fingerprint density at radius 1 is 1.41 bits per heavy atom. The van der Waals surface area contributed by atoms with Gasteiger partial charge in [0, 0.05) is 19.2 Å². The highest BCUT2D eigenvalue weighted by molar-refractivity contribution is 5.80. The van der Waals surface area contributed by atoms with Gasteiger partial charge in [-0.25, -0.2) is 13.8 Å². The molecule has 0 aliphatic heterocycles. The predicted octanol–water partition coefficient (Wildman–Crippen LogP) is 1.64. The Balaban J connectivity index is 2.58. The van der Waals surface area contributed by atoms with Crippen LogP contribution in [-0.2, 0) is 4.79 Å². The summed E-state index contributed by atoms with van der Waals surface area (Å²) in [6, 6.07) is 0.719. The van der Waals surface area contributed by atoms with Crippen LogP contribution in [0.5, 0.6) is 0 Å². The van der Waals surface area contributed by atoms with Crippen LogP contribution in [-0.4, -0.2) is 35.4 Å². The standard InChI is InChI=1S/C11H15F2N3O/c1-3-16(4-2)10(17)7-15-11-9(13)5-8(12)6-14-11/h5-6H,3-4,7H2,1-2H3,(H,14,15). The Hall–Kier alpha value is -1.72. The van der Waals surface area contributed by atoms with Gasteiger partial charge in [0.05, 0.1) is 12.7 Å². The molecule has 1 aromatic rings. The second-order valence-corrected chi connectivity index (χ2v) is 3.40. The zero-order valence-corrected chi connectivity index (χ0v) is 9.83. The van der Waals surface area contributed by atoms with Gasteiger partial charge < -0.3 is 10.2 Å². The molecule has 0 aliphatic carbocycles. The minimum atomic E-state index is -0.808. The number of halogens is 2. The van der Waals surface area contributed by atoms with Crippen LogP contribution >= 0.6 is 0 Å². The molecule has 0 saturated heterocycles. The third kappa shape index (κ3) is 3.65. The van der Waals surface area contributed by atoms with Gasteiger partial charge in [-0.05, 0) is 13.8 Å². The van der Waals surface area contributed by atoms with Crippen molar-refractivity contribution in [2.75, 3.05) is 25.0 Å². The molecule has 1 rings (SSSR count). The van der Waals surface area contributed by atoms with E-state index in [0.29, 0.717) is 13.1 Å². The van der Waals surface area contributed by atoms with E-state index in [4.69, 9.17) is 0 Å². The molecule has 1 amide bonds. The van der Waals surface area contributed by atoms with Gasteiger partial charge in [-0.1, -0.05) is 0 Å². The molecule has 0 bridgehead atoms. The first-order valence-electron chi connectivity index (χ1n) is 5.41. The number of nitrogens with one attached hydrogen (secondary N) is 1. The number of likely N-dealkylation sites (N-methyl/N-ethyl adjacent to an activating group) is 1. The molecule has 0 spiro atoms. The first-order chi connectivity index (χ1) is 8.08. The molecule has 1 aromatic heterocycles. The fourth-order valence-corrected chi connectivity index (χ4v) is 1.39. The molecule has 4 nitrogen and oxygen atoms in total. The van der Waals surface area contributed by atoms with Crippen LogP contribution in [0.2, 0.25) is 0 Å². The average Bonchev–Trinajstić information content (AvgIpc) is 2.29. The first kappa shape index (κ1) is 13.3. The highest BCUT2D eigenvalue weighted by Gasteiger charge is 2.11. The summed E-state index contributed by atoms with van der Waals surface area (Å²) < 4.78 is 25.8. The van der Waals surface area contributed by atoms with E-state index in [1.165, 1.54) is 0 Å². The van der Waals surface area contributed by atoms with Crippen molar-refractivity contribution in [3.8, 4) is 0 Å². The maximum atomic E-state index is 13.2. The van der Waals surface area contributed by atoms with Gasteiger partial charge in [0.15, 0.2) is 11.6 Å². The Morgan fingerprint density at radius 2 is 2.06 bits per heavy atom. The quantitative estimate of drug-likeness (QED) is 0.855. The van der Waals surface area contributed by atoms with Crippen molar-refractivity contribution in [2.24, 2.45) is 0 Å². The average molecular weight is 243 g/mol. The van der Waals surface area contributed by atoms with Crippen LogP contribution < -0.4 is 5.32 Å². The zero-order chi connectivity index (χ0) is 12.8. The summed E-state index contributed by atoms with van der Waals surface area (Å²) in [5.41, 5.74) is 0. The van der Waals surface area contributed by atoms with E-state index in [2.05, 4.69) is 10.3 Å². The highest BCUT2D eigenvalue weighted by atomic mass is 19.1. The second kappa shape index (κ2) is 6.12. The van der Waals surface area contributed by atoms with Crippen LogP contribution in [0.3, 0.4) is 0 Å². The van der Waals surface area contributed by atoms with E-state index >= 15 is 0 Å². The molecule has 0 unspecified atom stereocenters. The Morgan fingerprint density at radius 3 is 2.59 bits per heavy atom. The lowest BCUT2D eigenvalue weighted by atomic mass is 10.4. The molecule has 0 atom stereocenters. The summed E-state index contributed by atoms with van der Waals surface area (Å²) in [5, 5.41) is 2.55. The molecule has 1 heterocycles. The normalized spacial score (nSPS) is 10.1. The van der Waals surface area contributed by atoms with Crippen molar-refractivity contribution in [1.29, 1.82) is 0 Å². The number of aromatic nitrogens is 1. The number of carbonyl (C=O) groups excluding carboxylic acids is 1. The second-order valence-electron chi connectivity index (χ2n) is 3.40. The largest absolute Gasteiger partial charge is 0.359 e. The fourth-order valence-electron chi connectivity index (χ4n) is 1.39. The topological polar surface area (TPSA) is 45.2 Å². The van der Waals surface area contributed by atoms with Gasteiger partial charge in [0.1, 0.15) is 5.82 Å². The van der Waals surface area contributed by atoms with Crippen molar-refractivity contribution >= 4 is 11.7 Å². The van der Waals surface area contributed by atoms with Crippen LogP contribution in [0.1, 0.15) is 13.8 Å². The molecule has 0 saturated carbocycles. The van der Waals surface area contributed by atoms with Gasteiger partial charge in [-0.2, -0.15) is 0 Å². The number of hydrogen-bond donors (Lipinski definition) is 1. The summed E-state index contributed by atoms with van der Waals surface area (Å²) in [5.74, 6) is -1.83. The van der Waals surface area contributed by atoms with E-state index in [1.807, 2.05) is 13.8 Å². The molecule has 94 valence electrons. The van der Waals surface area contributed by atoms with Crippen molar-refractivity contribution in [3.63, 3.8) is 0 Å². The van der Waals surface area contributed by atoms with E-state index in [-0.39, 0.29) is 18.3 Å². The van der Waals surface area contributed by atoms with Gasteiger partial charge in [-0.3, -0.25) is 4.79 Å². The molecular weight excluding hydrogens is 228 g/mol. The van der Waals surface area contributed by atoms with E-state index < -0.39 is 11.6 Å². The highest BCUT2D eigenvalue weighted by Crippen LogP contribution is 2.10. The summed E-state index contributed by atoms with van der Waals surface area (Å²) in [7, 11) is 0. The van der Waals surface area contributed by atoms with Gasteiger partial charge in [-0.15, -0.1) is 0 Å². The number of amides is 1. The SMILES string of the molecule is CCN(CC)C(=O)CNc1ncc(F)cc1F. The maximum Gasteiger partial charge on any atom is 0.241 e. The van der Waals surface area contributed by atoms with Crippen LogP contribution in [0, 0.1) is 11.6 Å². The first-order valence-corrected chi connectivity index (χ1v) is 5.41. The van der Waals surface area contributed by atoms with Crippen molar-refractivity contribution in [1.82, 2.24) is 9.88 Å². The molecule has 0 aliphatic rings. The lowest BCUT2D eigenvalue weighted by Gasteiger charge is -2.18. The van der Waals surface area contributed by atoms with E-state index in [9.17, 15) is 13.6 Å². The number of carbonyl (C=O) groups is 1. The molecular formula is C11H15F2N3O. The smallest absolute Gasteiger partial charge is 0.241 e. The van der Waals surface area contributed by atoms with Crippen LogP contribution in [0.4, 0.5) is 14.6 Å². The minimum Gasteiger partial charge on any atom is -0.359 e. The molecule has 6 heteroatoms. The van der Waals surface area contributed by atoms with Gasteiger partial charge >= 0.3 is 0 Å². The van der Waals surface area contributed by atoms with Gasteiger partial charge in [0.25, 0.3) is 0 Å². The number of nitrogens with zero attached hydrogens (tertiary/aromatic N) is 2. The Kier molecular flexibility index (Phi) is 4.81. The maximum absolute atomic E-state index is 13.2. The van der Waals surface area contributed by atoms with Crippen molar-refractivity contribution < 1.29 is 13.6 Å². The summed E-state index contributed by atoms with van der Waals surface area (Å²) in [6.45, 7) is 4.85. The third-order valence-corrected chi connectivity index (χ3v) is 2.33. The fraction of sp³-hybridized carbons (Fsp3) is 0.455. The van der Waals surface area contributed by atoms with Crippen LogP contribution in [0.15, 0.2) is 12.3 Å². The summed E-state index contributed by atoms with van der Waals surface area (Å²) in [6.07, 6.45) is 0.896. The van der Waals surface area contributed by atoms with Gasteiger partial charge in [0.2, 0.25) is 5.91 Å². The Bertz CT molecular complexity index is 394. The number of rotatable bonds is 5. The molecule has 0 fully saturated rings. The summed E-state index contributed by atoms with van der Waals surface area (Å²) in [4.78, 5) is 16.7. The number of hydrogen-bond acceptors (Lipinski definition) is 3.